The summed E-state index contributed by atoms with van der Waals surface area (Å²) in [4.78, 5) is 0. The molecule has 1 aromatic carbocycles. The highest BCUT2D eigenvalue weighted by molar-refractivity contribution is 6.31. The molecule has 1 saturated heterocycles. The van der Waals surface area contributed by atoms with E-state index in [1.165, 1.54) is 0 Å². The van der Waals surface area contributed by atoms with Gasteiger partial charge in [-0.2, -0.15) is 0 Å². The minimum atomic E-state index is -0.333. The van der Waals surface area contributed by atoms with Crippen molar-refractivity contribution in [2.75, 3.05) is 6.61 Å². The molecule has 1 heterocycles. The molecule has 1 fully saturated rings. The lowest BCUT2D eigenvalue weighted by atomic mass is 10.1. The number of aliphatic hydroxyl groups excluding tert-OH is 1. The third-order valence-electron chi connectivity index (χ3n) is 2.43. The summed E-state index contributed by atoms with van der Waals surface area (Å²) < 4.78 is 11.0. The topological polar surface area (TPSA) is 38.7 Å². The molecule has 0 bridgehead atoms. The Hall–Kier alpha value is -0.610. The van der Waals surface area contributed by atoms with Crippen LogP contribution in [0.3, 0.4) is 0 Å². The molecule has 0 amide bonds. The summed E-state index contributed by atoms with van der Waals surface area (Å²) in [6.45, 7) is 1.74. The van der Waals surface area contributed by atoms with E-state index in [2.05, 4.69) is 0 Å². The summed E-state index contributed by atoms with van der Waals surface area (Å²) in [6.07, 6.45) is -0.915. The molecule has 3 atom stereocenters. The number of hydrogen-bond donors (Lipinski definition) is 1. The monoisotopic (exact) mass is 228 g/mol. The number of benzene rings is 1. The molecule has 4 heteroatoms. The Kier molecular flexibility index (Phi) is 3.26. The van der Waals surface area contributed by atoms with Crippen LogP contribution in [0.25, 0.3) is 0 Å². The van der Waals surface area contributed by atoms with Gasteiger partial charge in [-0.25, -0.2) is 0 Å². The predicted molar refractivity (Wildman–Crippen MR) is 56.7 cm³/mol. The largest absolute Gasteiger partial charge is 0.394 e. The maximum Gasteiger partial charge on any atom is 0.156 e. The highest BCUT2D eigenvalue weighted by atomic mass is 35.5. The predicted octanol–water partition coefficient (Wildman–Crippen LogP) is 2.13. The van der Waals surface area contributed by atoms with Crippen molar-refractivity contribution in [1.29, 1.82) is 0 Å². The fourth-order valence-corrected chi connectivity index (χ4v) is 2.01. The highest BCUT2D eigenvalue weighted by Crippen LogP contribution is 2.35. The maximum absolute atomic E-state index is 9.16. The molecule has 0 saturated carbocycles. The van der Waals surface area contributed by atoms with Crippen LogP contribution < -0.4 is 0 Å². The zero-order valence-electron chi connectivity index (χ0n) is 8.39. The smallest absolute Gasteiger partial charge is 0.156 e. The van der Waals surface area contributed by atoms with Gasteiger partial charge in [0, 0.05) is 10.6 Å². The van der Waals surface area contributed by atoms with Crippen LogP contribution in [0.15, 0.2) is 24.3 Å². The van der Waals surface area contributed by atoms with Crippen LogP contribution in [0.2, 0.25) is 5.02 Å². The number of ether oxygens (including phenoxy) is 2. The van der Waals surface area contributed by atoms with Gasteiger partial charge in [0.25, 0.3) is 0 Å². The molecule has 1 aromatic rings. The summed E-state index contributed by atoms with van der Waals surface area (Å²) in [5, 5.41) is 9.80. The number of aliphatic hydroxyl groups is 1. The summed E-state index contributed by atoms with van der Waals surface area (Å²) in [6, 6.07) is 7.44. The minimum Gasteiger partial charge on any atom is -0.394 e. The summed E-state index contributed by atoms with van der Waals surface area (Å²) in [5.74, 6) is 0. The normalized spacial score (nSPS) is 30.7. The quantitative estimate of drug-likeness (QED) is 0.843. The van der Waals surface area contributed by atoms with Gasteiger partial charge < -0.3 is 14.6 Å². The van der Waals surface area contributed by atoms with Crippen LogP contribution in [0, 0.1) is 0 Å². The van der Waals surface area contributed by atoms with Gasteiger partial charge in [0.15, 0.2) is 6.29 Å². The van der Waals surface area contributed by atoms with Crippen LogP contribution in [0.1, 0.15) is 18.6 Å². The van der Waals surface area contributed by atoms with E-state index in [0.717, 1.165) is 5.56 Å². The first-order chi connectivity index (χ1) is 7.22. The number of hydrogen-bond acceptors (Lipinski definition) is 3. The maximum atomic E-state index is 9.16. The molecule has 0 spiro atoms. The van der Waals surface area contributed by atoms with Gasteiger partial charge in [-0.1, -0.05) is 29.8 Å². The van der Waals surface area contributed by atoms with Gasteiger partial charge in [0.1, 0.15) is 12.2 Å². The molecule has 2 rings (SSSR count). The first kappa shape index (κ1) is 10.9. The van der Waals surface area contributed by atoms with Crippen molar-refractivity contribution >= 4 is 11.6 Å². The molecule has 1 N–H and O–H groups in total. The second kappa shape index (κ2) is 4.49. The van der Waals surface area contributed by atoms with E-state index in [1.54, 1.807) is 13.0 Å². The van der Waals surface area contributed by atoms with E-state index < -0.39 is 0 Å². The second-order valence-electron chi connectivity index (χ2n) is 3.50. The molecule has 0 aliphatic carbocycles. The van der Waals surface area contributed by atoms with Gasteiger partial charge in [-0.3, -0.25) is 0 Å². The SMILES string of the molecule is C[C@@H]1O[C@@H](CO)[C@H](c2ccccc2Cl)O1. The molecule has 3 nitrogen and oxygen atoms in total. The summed E-state index contributed by atoms with van der Waals surface area (Å²) >= 11 is 6.06. The van der Waals surface area contributed by atoms with Gasteiger partial charge in [0.05, 0.1) is 6.61 Å². The first-order valence-corrected chi connectivity index (χ1v) is 5.26. The zero-order chi connectivity index (χ0) is 10.8. The first-order valence-electron chi connectivity index (χ1n) is 4.88. The second-order valence-corrected chi connectivity index (χ2v) is 3.91. The third-order valence-corrected chi connectivity index (χ3v) is 2.78. The van der Waals surface area contributed by atoms with Crippen molar-refractivity contribution in [3.63, 3.8) is 0 Å². The Bertz CT molecular complexity index is 342. The van der Waals surface area contributed by atoms with Crippen LogP contribution in [0.5, 0.6) is 0 Å². The molecule has 82 valence electrons. The lowest BCUT2D eigenvalue weighted by Crippen LogP contribution is -2.19. The number of halogens is 1. The number of rotatable bonds is 2. The van der Waals surface area contributed by atoms with Crippen molar-refractivity contribution in [2.24, 2.45) is 0 Å². The molecule has 0 radical (unpaired) electrons. The van der Waals surface area contributed by atoms with E-state index in [1.807, 2.05) is 18.2 Å². The molecule has 1 aliphatic heterocycles. The van der Waals surface area contributed by atoms with Crippen LogP contribution in [-0.2, 0) is 9.47 Å². The lowest BCUT2D eigenvalue weighted by Gasteiger charge is -2.15. The highest BCUT2D eigenvalue weighted by Gasteiger charge is 2.35. The fourth-order valence-electron chi connectivity index (χ4n) is 1.76. The van der Waals surface area contributed by atoms with E-state index in [4.69, 9.17) is 26.2 Å². The molecule has 1 aliphatic rings. The van der Waals surface area contributed by atoms with E-state index in [0.29, 0.717) is 5.02 Å². The molecular formula is C11H13ClO3. The Morgan fingerprint density at radius 3 is 2.73 bits per heavy atom. The van der Waals surface area contributed by atoms with Crippen molar-refractivity contribution in [3.05, 3.63) is 34.9 Å². The fraction of sp³-hybridized carbons (Fsp3) is 0.455. The van der Waals surface area contributed by atoms with Gasteiger partial charge in [0.2, 0.25) is 0 Å². The molecule has 0 aromatic heterocycles. The molecule has 0 unspecified atom stereocenters. The molecular weight excluding hydrogens is 216 g/mol. The minimum absolute atomic E-state index is 0.0692. The van der Waals surface area contributed by atoms with E-state index in [-0.39, 0.29) is 25.1 Å². The van der Waals surface area contributed by atoms with Crippen LogP contribution >= 0.6 is 11.6 Å². The standard InChI is InChI=1S/C11H13ClO3/c1-7-14-10(6-13)11(15-7)8-4-2-3-5-9(8)12/h2-5,7,10-11,13H,6H2,1H3/t7-,10+,11+/m1/s1. The van der Waals surface area contributed by atoms with E-state index >= 15 is 0 Å². The Labute approximate surface area is 93.6 Å². The summed E-state index contributed by atoms with van der Waals surface area (Å²) in [5.41, 5.74) is 0.863. The summed E-state index contributed by atoms with van der Waals surface area (Å²) in [7, 11) is 0. The average Bonchev–Trinajstić information content (AvgIpc) is 2.60. The van der Waals surface area contributed by atoms with Crippen molar-refractivity contribution < 1.29 is 14.6 Å². The molecule has 15 heavy (non-hydrogen) atoms. The Balaban J connectivity index is 2.26. The average molecular weight is 229 g/mol. The third kappa shape index (κ3) is 2.16. The lowest BCUT2D eigenvalue weighted by molar-refractivity contribution is -0.0563. The van der Waals surface area contributed by atoms with Crippen LogP contribution in [0.4, 0.5) is 0 Å². The zero-order valence-corrected chi connectivity index (χ0v) is 9.15. The van der Waals surface area contributed by atoms with Gasteiger partial charge in [-0.15, -0.1) is 0 Å². The van der Waals surface area contributed by atoms with Gasteiger partial charge >= 0.3 is 0 Å². The van der Waals surface area contributed by atoms with Crippen molar-refractivity contribution in [1.82, 2.24) is 0 Å². The Morgan fingerprint density at radius 1 is 1.33 bits per heavy atom. The van der Waals surface area contributed by atoms with Crippen LogP contribution in [-0.4, -0.2) is 24.1 Å². The van der Waals surface area contributed by atoms with Crippen molar-refractivity contribution in [2.45, 2.75) is 25.4 Å². The van der Waals surface area contributed by atoms with E-state index in [9.17, 15) is 0 Å². The van der Waals surface area contributed by atoms with Crippen molar-refractivity contribution in [3.8, 4) is 0 Å². The Morgan fingerprint density at radius 2 is 2.07 bits per heavy atom. The van der Waals surface area contributed by atoms with Gasteiger partial charge in [-0.05, 0) is 13.0 Å².